The molecule has 0 saturated carbocycles. The third-order valence-electron chi connectivity index (χ3n) is 2.16. The Labute approximate surface area is 102 Å². The average molecular weight is 253 g/mol. The van der Waals surface area contributed by atoms with Crippen LogP contribution in [0.1, 0.15) is 18.9 Å². The van der Waals surface area contributed by atoms with Crippen molar-refractivity contribution in [3.63, 3.8) is 0 Å². The minimum Gasteiger partial charge on any atom is -0.268 e. The van der Waals surface area contributed by atoms with E-state index in [4.69, 9.17) is 0 Å². The summed E-state index contributed by atoms with van der Waals surface area (Å²) in [6.45, 7) is 2.46. The van der Waals surface area contributed by atoms with Crippen LogP contribution >= 0.6 is 23.1 Å². The van der Waals surface area contributed by atoms with Crippen molar-refractivity contribution in [2.75, 3.05) is 6.54 Å². The molecule has 0 spiro atoms. The quantitative estimate of drug-likeness (QED) is 0.776. The van der Waals surface area contributed by atoms with Gasteiger partial charge < -0.3 is 0 Å². The molecule has 0 unspecified atom stereocenters. The number of hydrogen-bond donors (Lipinski definition) is 0. The second kappa shape index (κ2) is 4.84. The van der Waals surface area contributed by atoms with E-state index in [9.17, 15) is 9.59 Å². The monoisotopic (exact) mass is 253 g/mol. The molecule has 0 aromatic carbocycles. The van der Waals surface area contributed by atoms with E-state index in [-0.39, 0.29) is 11.1 Å². The van der Waals surface area contributed by atoms with Crippen molar-refractivity contribution in [3.05, 3.63) is 27.3 Å². The summed E-state index contributed by atoms with van der Waals surface area (Å²) in [6.07, 6.45) is 2.57. The molecule has 1 fully saturated rings. The third kappa shape index (κ3) is 2.20. The molecule has 1 aliphatic rings. The van der Waals surface area contributed by atoms with E-state index in [0.29, 0.717) is 11.4 Å². The molecule has 84 valence electrons. The van der Waals surface area contributed by atoms with Crippen LogP contribution in [0, 0.1) is 0 Å². The molecule has 3 nitrogen and oxygen atoms in total. The van der Waals surface area contributed by atoms with E-state index in [1.54, 1.807) is 17.4 Å². The highest BCUT2D eigenvalue weighted by Gasteiger charge is 2.34. The minimum absolute atomic E-state index is 0.159. The van der Waals surface area contributed by atoms with Gasteiger partial charge in [0.15, 0.2) is 0 Å². The fourth-order valence-electron chi connectivity index (χ4n) is 1.42. The van der Waals surface area contributed by atoms with Crippen molar-refractivity contribution < 1.29 is 9.59 Å². The normalized spacial score (nSPS) is 18.8. The molecule has 5 heteroatoms. The van der Waals surface area contributed by atoms with Crippen molar-refractivity contribution in [2.24, 2.45) is 0 Å². The van der Waals surface area contributed by atoms with Crippen LogP contribution in [0.2, 0.25) is 0 Å². The maximum absolute atomic E-state index is 11.9. The number of rotatable bonds is 3. The van der Waals surface area contributed by atoms with Gasteiger partial charge in [0.05, 0.1) is 4.91 Å². The smallest absolute Gasteiger partial charge is 0.268 e. The first-order valence-electron chi connectivity index (χ1n) is 5.00. The maximum atomic E-state index is 11.9. The Morgan fingerprint density at radius 3 is 2.88 bits per heavy atom. The Hall–Kier alpha value is -1.07. The number of nitrogens with zero attached hydrogens (tertiary/aromatic N) is 1. The zero-order chi connectivity index (χ0) is 11.5. The van der Waals surface area contributed by atoms with Gasteiger partial charge in [-0.2, -0.15) is 11.3 Å². The third-order valence-corrected chi connectivity index (χ3v) is 3.77. The van der Waals surface area contributed by atoms with Crippen molar-refractivity contribution in [2.45, 2.75) is 13.3 Å². The number of hydrogen-bond acceptors (Lipinski definition) is 4. The van der Waals surface area contributed by atoms with Gasteiger partial charge in [-0.1, -0.05) is 6.92 Å². The second-order valence-electron chi connectivity index (χ2n) is 3.39. The molecular formula is C11H11NO2S2. The van der Waals surface area contributed by atoms with Crippen LogP contribution < -0.4 is 0 Å². The highest BCUT2D eigenvalue weighted by atomic mass is 32.2. The van der Waals surface area contributed by atoms with Crippen molar-refractivity contribution in [3.8, 4) is 0 Å². The predicted octanol–water partition coefficient (Wildman–Crippen LogP) is 3.19. The Balaban J connectivity index is 2.20. The number of carbonyl (C=O) groups is 2. The van der Waals surface area contributed by atoms with Gasteiger partial charge in [-0.3, -0.25) is 14.5 Å². The molecule has 0 aliphatic carbocycles. The zero-order valence-electron chi connectivity index (χ0n) is 8.80. The maximum Gasteiger partial charge on any atom is 0.293 e. The van der Waals surface area contributed by atoms with E-state index in [1.807, 2.05) is 23.8 Å². The van der Waals surface area contributed by atoms with Gasteiger partial charge in [-0.25, -0.2) is 0 Å². The Kier molecular flexibility index (Phi) is 3.46. The largest absolute Gasteiger partial charge is 0.293 e. The van der Waals surface area contributed by atoms with E-state index in [2.05, 4.69) is 0 Å². The lowest BCUT2D eigenvalue weighted by molar-refractivity contribution is -0.122. The van der Waals surface area contributed by atoms with Gasteiger partial charge in [0, 0.05) is 6.54 Å². The van der Waals surface area contributed by atoms with Crippen molar-refractivity contribution in [1.82, 2.24) is 4.90 Å². The second-order valence-corrected chi connectivity index (χ2v) is 5.16. The van der Waals surface area contributed by atoms with Gasteiger partial charge >= 0.3 is 0 Å². The highest BCUT2D eigenvalue weighted by molar-refractivity contribution is 8.18. The fourth-order valence-corrected chi connectivity index (χ4v) is 2.91. The summed E-state index contributed by atoms with van der Waals surface area (Å²) in [7, 11) is 0. The van der Waals surface area contributed by atoms with Crippen LogP contribution in [0.4, 0.5) is 4.79 Å². The molecule has 2 heterocycles. The number of imide groups is 1. The average Bonchev–Trinajstić information content (AvgIpc) is 2.84. The van der Waals surface area contributed by atoms with Gasteiger partial charge in [0.1, 0.15) is 0 Å². The molecule has 2 rings (SSSR count). The van der Waals surface area contributed by atoms with E-state index < -0.39 is 0 Å². The molecule has 1 aliphatic heterocycles. The number of thiophene rings is 1. The van der Waals surface area contributed by atoms with Crippen LogP contribution in [-0.2, 0) is 4.79 Å². The van der Waals surface area contributed by atoms with Gasteiger partial charge in [0.25, 0.3) is 11.1 Å². The molecule has 2 amide bonds. The molecule has 16 heavy (non-hydrogen) atoms. The lowest BCUT2D eigenvalue weighted by Crippen LogP contribution is -2.28. The molecule has 1 aromatic heterocycles. The summed E-state index contributed by atoms with van der Waals surface area (Å²) in [5, 5.41) is 3.74. The number of amides is 2. The topological polar surface area (TPSA) is 37.4 Å². The zero-order valence-corrected chi connectivity index (χ0v) is 10.4. The summed E-state index contributed by atoms with van der Waals surface area (Å²) in [5.41, 5.74) is 0.979. The van der Waals surface area contributed by atoms with Crippen LogP contribution in [0.5, 0.6) is 0 Å². The summed E-state index contributed by atoms with van der Waals surface area (Å²) in [4.78, 5) is 25.2. The highest BCUT2D eigenvalue weighted by Crippen LogP contribution is 2.32. The van der Waals surface area contributed by atoms with Gasteiger partial charge in [-0.15, -0.1) is 0 Å². The summed E-state index contributed by atoms with van der Waals surface area (Å²) >= 11 is 2.60. The summed E-state index contributed by atoms with van der Waals surface area (Å²) in [5.74, 6) is -0.164. The predicted molar refractivity (Wildman–Crippen MR) is 67.3 cm³/mol. The van der Waals surface area contributed by atoms with Gasteiger partial charge in [-0.05, 0) is 46.6 Å². The van der Waals surface area contributed by atoms with Gasteiger partial charge in [0.2, 0.25) is 0 Å². The van der Waals surface area contributed by atoms with Crippen LogP contribution in [0.3, 0.4) is 0 Å². The molecule has 1 saturated heterocycles. The first-order valence-corrected chi connectivity index (χ1v) is 6.76. The molecular weight excluding hydrogens is 242 g/mol. The standard InChI is InChI=1S/C11H11NO2S2/c1-2-4-12-10(13)9(16-11(12)14)6-8-3-5-15-7-8/h3,5-7H,2,4H2,1H3/b9-6+. The van der Waals surface area contributed by atoms with Crippen LogP contribution in [0.25, 0.3) is 6.08 Å². The molecule has 1 aromatic rings. The Bertz CT molecular complexity index is 437. The van der Waals surface area contributed by atoms with Crippen LogP contribution in [0.15, 0.2) is 21.7 Å². The van der Waals surface area contributed by atoms with E-state index in [0.717, 1.165) is 23.7 Å². The molecule has 0 bridgehead atoms. The van der Waals surface area contributed by atoms with Crippen molar-refractivity contribution >= 4 is 40.3 Å². The Morgan fingerprint density at radius 2 is 2.25 bits per heavy atom. The number of carbonyl (C=O) groups excluding carboxylic acids is 2. The van der Waals surface area contributed by atoms with Crippen LogP contribution in [-0.4, -0.2) is 22.6 Å². The molecule has 0 atom stereocenters. The van der Waals surface area contributed by atoms with E-state index in [1.165, 1.54) is 4.90 Å². The molecule has 0 radical (unpaired) electrons. The Morgan fingerprint density at radius 1 is 1.44 bits per heavy atom. The molecule has 0 N–H and O–H groups in total. The first-order chi connectivity index (χ1) is 7.72. The number of thioether (sulfide) groups is 1. The first kappa shape index (κ1) is 11.4. The van der Waals surface area contributed by atoms with E-state index >= 15 is 0 Å². The van der Waals surface area contributed by atoms with Crippen molar-refractivity contribution in [1.29, 1.82) is 0 Å². The lowest BCUT2D eigenvalue weighted by atomic mass is 10.3. The minimum atomic E-state index is -0.164. The summed E-state index contributed by atoms with van der Waals surface area (Å²) in [6, 6.07) is 1.93. The SMILES string of the molecule is CCCN1C(=O)S/C(=C/c2ccsc2)C1=O. The summed E-state index contributed by atoms with van der Waals surface area (Å²) < 4.78 is 0. The fraction of sp³-hybridized carbons (Fsp3) is 0.273. The lowest BCUT2D eigenvalue weighted by Gasteiger charge is -2.09.